The Morgan fingerprint density at radius 1 is 1.50 bits per heavy atom. The highest BCUT2D eigenvalue weighted by Crippen LogP contribution is 2.24. The van der Waals surface area contributed by atoms with Gasteiger partial charge in [-0.1, -0.05) is 5.11 Å². The zero-order valence-corrected chi connectivity index (χ0v) is 9.93. The maximum atomic E-state index is 11.6. The van der Waals surface area contributed by atoms with E-state index in [1.807, 2.05) is 20.8 Å². The number of nitrogens with one attached hydrogen (secondary N) is 1. The van der Waals surface area contributed by atoms with Gasteiger partial charge < -0.3 is 0 Å². The van der Waals surface area contributed by atoms with E-state index >= 15 is 0 Å². The average molecular weight is 226 g/mol. The number of nitrogens with zero attached hydrogens (tertiary/aromatic N) is 3. The van der Waals surface area contributed by atoms with Crippen molar-refractivity contribution in [1.82, 2.24) is 10.4 Å². The summed E-state index contributed by atoms with van der Waals surface area (Å²) in [6.07, 6.45) is 1.83. The van der Waals surface area contributed by atoms with Crippen LogP contribution in [0.1, 0.15) is 33.6 Å². The molecule has 0 aromatic heterocycles. The second-order valence-electron chi connectivity index (χ2n) is 5.14. The minimum absolute atomic E-state index is 0.0220. The monoisotopic (exact) mass is 226 g/mol. The molecule has 0 aromatic carbocycles. The second-order valence-corrected chi connectivity index (χ2v) is 5.14. The van der Waals surface area contributed by atoms with Gasteiger partial charge in [0.15, 0.2) is 0 Å². The van der Waals surface area contributed by atoms with E-state index in [1.54, 1.807) is 0 Å². The fourth-order valence-electron chi connectivity index (χ4n) is 1.89. The lowest BCUT2D eigenvalue weighted by Gasteiger charge is -2.40. The molecule has 0 saturated carbocycles. The minimum Gasteiger partial charge on any atom is -0.293 e. The Bertz CT molecular complexity index is 310. The topological polar surface area (TPSA) is 66.3 Å². The van der Waals surface area contributed by atoms with Crippen molar-refractivity contribution in [3.05, 3.63) is 0 Å². The third-order valence-electron chi connectivity index (χ3n) is 2.50. The van der Waals surface area contributed by atoms with Gasteiger partial charge >= 0.3 is 6.03 Å². The molecule has 2 unspecified atom stereocenters. The van der Waals surface area contributed by atoms with Crippen molar-refractivity contribution in [3.63, 3.8) is 0 Å². The molecule has 1 fully saturated rings. The van der Waals surface area contributed by atoms with E-state index in [2.05, 4.69) is 15.5 Å². The lowest BCUT2D eigenvalue weighted by Crippen LogP contribution is -2.59. The molecule has 90 valence electrons. The first-order chi connectivity index (χ1) is 7.47. The predicted octanol–water partition coefficient (Wildman–Crippen LogP) is 1.68. The van der Waals surface area contributed by atoms with Crippen LogP contribution in [0.5, 0.6) is 0 Å². The minimum atomic E-state index is -0.425. The lowest BCUT2D eigenvalue weighted by atomic mass is 10.0. The quantitative estimate of drug-likeness (QED) is 0.739. The van der Waals surface area contributed by atoms with Crippen molar-refractivity contribution in [2.45, 2.75) is 51.4 Å². The van der Waals surface area contributed by atoms with E-state index in [0.717, 1.165) is 19.4 Å². The summed E-state index contributed by atoms with van der Waals surface area (Å²) in [6.45, 7) is 6.60. The molecule has 2 amide bonds. The van der Waals surface area contributed by atoms with Gasteiger partial charge in [0.25, 0.3) is 0 Å². The Labute approximate surface area is 95.0 Å². The van der Waals surface area contributed by atoms with Crippen molar-refractivity contribution in [2.75, 3.05) is 6.54 Å². The Hall–Kier alpha value is -1.01. The molecule has 2 aliphatic heterocycles. The highest BCUT2D eigenvalue weighted by atomic mass is 16.7. The highest BCUT2D eigenvalue weighted by Gasteiger charge is 2.39. The molecule has 0 spiro atoms. The zero-order chi connectivity index (χ0) is 11.8. The van der Waals surface area contributed by atoms with E-state index in [9.17, 15) is 4.79 Å². The van der Waals surface area contributed by atoms with E-state index in [1.165, 1.54) is 5.06 Å². The van der Waals surface area contributed by atoms with Crippen molar-refractivity contribution in [1.29, 1.82) is 0 Å². The Balaban J connectivity index is 2.15. The number of hydrogen-bond acceptors (Lipinski definition) is 4. The number of piperidine rings is 1. The molecule has 0 aromatic rings. The van der Waals surface area contributed by atoms with Crippen LogP contribution in [-0.4, -0.2) is 35.4 Å². The summed E-state index contributed by atoms with van der Waals surface area (Å²) in [4.78, 5) is 17.3. The van der Waals surface area contributed by atoms with Crippen LogP contribution in [0, 0.1) is 0 Å². The third-order valence-corrected chi connectivity index (χ3v) is 2.50. The van der Waals surface area contributed by atoms with Gasteiger partial charge in [-0.05, 0) is 40.2 Å². The molecular weight excluding hydrogens is 208 g/mol. The molecule has 0 radical (unpaired) electrons. The summed E-state index contributed by atoms with van der Waals surface area (Å²) < 4.78 is 0. The number of fused-ring (bicyclic) bond motifs is 1. The highest BCUT2D eigenvalue weighted by molar-refractivity contribution is 5.74. The van der Waals surface area contributed by atoms with Crippen LogP contribution in [0.25, 0.3) is 0 Å². The standard InChI is InChI=1S/C10H18N4O2/c1-10(2,3)16-14-8-7(5-4-6-11-8)12-13-9(14)15/h7-8,11H,4-6H2,1-3H3. The smallest absolute Gasteiger partial charge is 0.293 e. The Morgan fingerprint density at radius 3 is 2.94 bits per heavy atom. The third kappa shape index (κ3) is 2.38. The normalized spacial score (nSPS) is 30.4. The SMILES string of the molecule is CC(C)(C)ON1C(=O)N=NC2CCCNC21. The molecular formula is C10H18N4O2. The van der Waals surface area contributed by atoms with Crippen LogP contribution in [0.4, 0.5) is 4.79 Å². The first-order valence-electron chi connectivity index (χ1n) is 5.64. The summed E-state index contributed by atoms with van der Waals surface area (Å²) >= 11 is 0. The molecule has 2 rings (SSSR count). The number of azo groups is 1. The van der Waals surface area contributed by atoms with E-state index < -0.39 is 11.6 Å². The van der Waals surface area contributed by atoms with Crippen LogP contribution < -0.4 is 5.32 Å². The summed E-state index contributed by atoms with van der Waals surface area (Å²) in [5, 5.41) is 12.2. The van der Waals surface area contributed by atoms with Gasteiger partial charge in [-0.3, -0.25) is 10.2 Å². The number of hydrogen-bond donors (Lipinski definition) is 1. The molecule has 2 heterocycles. The first kappa shape index (κ1) is 11.5. The van der Waals surface area contributed by atoms with Crippen LogP contribution in [-0.2, 0) is 4.84 Å². The molecule has 2 aliphatic rings. The second kappa shape index (κ2) is 4.10. The van der Waals surface area contributed by atoms with Crippen molar-refractivity contribution in [2.24, 2.45) is 10.2 Å². The van der Waals surface area contributed by atoms with Gasteiger partial charge in [0, 0.05) is 0 Å². The van der Waals surface area contributed by atoms with Crippen LogP contribution in [0.15, 0.2) is 10.2 Å². The summed E-state index contributed by atoms with van der Waals surface area (Å²) in [7, 11) is 0. The Morgan fingerprint density at radius 2 is 2.25 bits per heavy atom. The van der Waals surface area contributed by atoms with Crippen LogP contribution in [0.3, 0.4) is 0 Å². The van der Waals surface area contributed by atoms with Crippen molar-refractivity contribution in [3.8, 4) is 0 Å². The maximum Gasteiger partial charge on any atom is 0.387 e. The molecule has 1 N–H and O–H groups in total. The van der Waals surface area contributed by atoms with E-state index in [4.69, 9.17) is 4.84 Å². The van der Waals surface area contributed by atoms with Gasteiger partial charge in [-0.15, -0.1) is 0 Å². The predicted molar refractivity (Wildman–Crippen MR) is 57.7 cm³/mol. The average Bonchev–Trinajstić information content (AvgIpc) is 2.21. The molecule has 16 heavy (non-hydrogen) atoms. The molecule has 0 aliphatic carbocycles. The maximum absolute atomic E-state index is 11.6. The number of rotatable bonds is 1. The van der Waals surface area contributed by atoms with Gasteiger partial charge in [0.05, 0.1) is 5.60 Å². The van der Waals surface area contributed by atoms with Crippen LogP contribution >= 0.6 is 0 Å². The lowest BCUT2D eigenvalue weighted by molar-refractivity contribution is -0.226. The van der Waals surface area contributed by atoms with Gasteiger partial charge in [-0.2, -0.15) is 10.2 Å². The Kier molecular flexibility index (Phi) is 2.94. The van der Waals surface area contributed by atoms with Crippen molar-refractivity contribution >= 4 is 6.03 Å². The largest absolute Gasteiger partial charge is 0.387 e. The molecule has 6 nitrogen and oxygen atoms in total. The number of carbonyl (C=O) groups excluding carboxylic acids is 1. The number of urea groups is 1. The fraction of sp³-hybridized carbons (Fsp3) is 0.900. The van der Waals surface area contributed by atoms with Gasteiger partial charge in [0.1, 0.15) is 12.2 Å². The van der Waals surface area contributed by atoms with E-state index in [-0.39, 0.29) is 12.2 Å². The number of hydroxylamine groups is 2. The first-order valence-corrected chi connectivity index (χ1v) is 5.64. The molecule has 6 heteroatoms. The number of carbonyl (C=O) groups is 1. The van der Waals surface area contributed by atoms with Crippen LogP contribution in [0.2, 0.25) is 0 Å². The zero-order valence-electron chi connectivity index (χ0n) is 9.93. The fourth-order valence-corrected chi connectivity index (χ4v) is 1.89. The van der Waals surface area contributed by atoms with Gasteiger partial charge in [-0.25, -0.2) is 4.79 Å². The molecule has 0 bridgehead atoms. The number of amides is 2. The molecule has 1 saturated heterocycles. The summed E-state index contributed by atoms with van der Waals surface area (Å²) in [6, 6.07) is -0.403. The van der Waals surface area contributed by atoms with E-state index in [0.29, 0.717) is 0 Å². The van der Waals surface area contributed by atoms with Gasteiger partial charge in [0.2, 0.25) is 0 Å². The summed E-state index contributed by atoms with van der Waals surface area (Å²) in [5.41, 5.74) is -0.411. The molecule has 2 atom stereocenters. The summed E-state index contributed by atoms with van der Waals surface area (Å²) in [5.74, 6) is 0. The van der Waals surface area contributed by atoms with Crippen molar-refractivity contribution < 1.29 is 9.63 Å².